The number of hydrogen-bond donors (Lipinski definition) is 3. The van der Waals surface area contributed by atoms with Crippen LogP contribution in [0.2, 0.25) is 0 Å². The molecule has 10 nitrogen and oxygen atoms in total. The van der Waals surface area contributed by atoms with Gasteiger partial charge in [-0.15, -0.1) is 0 Å². The van der Waals surface area contributed by atoms with Gasteiger partial charge in [0.25, 0.3) is 0 Å². The molecule has 0 spiro atoms. The van der Waals surface area contributed by atoms with Crippen molar-refractivity contribution in [3.63, 3.8) is 0 Å². The Bertz CT molecular complexity index is 1050. The zero-order valence-corrected chi connectivity index (χ0v) is 16.6. The van der Waals surface area contributed by atoms with E-state index in [-0.39, 0.29) is 30.2 Å². The third kappa shape index (κ3) is 2.97. The number of thiazole rings is 1. The van der Waals surface area contributed by atoms with Crippen molar-refractivity contribution in [2.24, 2.45) is 17.6 Å². The molecule has 4 atom stereocenters. The van der Waals surface area contributed by atoms with Crippen molar-refractivity contribution in [1.29, 1.82) is 0 Å². The quantitative estimate of drug-likeness (QED) is 0.446. The number of fused-ring (bicyclic) bond motifs is 2. The van der Waals surface area contributed by atoms with Gasteiger partial charge in [-0.2, -0.15) is 4.40 Å². The Morgan fingerprint density at radius 1 is 1.45 bits per heavy atom. The Kier molecular flexibility index (Phi) is 4.58. The zero-order chi connectivity index (χ0) is 21.0. The molecule has 0 aromatic carbocycles. The zero-order valence-electron chi connectivity index (χ0n) is 15.8. The van der Waals surface area contributed by atoms with E-state index in [2.05, 4.69) is 0 Å². The Labute approximate surface area is 169 Å². The number of rotatable bonds is 6. The SMILES string of the molecule is C[C@@H](O)[C@H]1C(=O)N2C(C(=O)O)=C(C[n+]3cc4scc(COC(N)=O)n4c3)[C@H](C)[C@H]12. The third-order valence-electron chi connectivity index (χ3n) is 5.64. The van der Waals surface area contributed by atoms with E-state index in [9.17, 15) is 24.6 Å². The number of aliphatic carboxylic acids is 1. The summed E-state index contributed by atoms with van der Waals surface area (Å²) in [4.78, 5) is 37.4. The predicted octanol–water partition coefficient (Wildman–Crippen LogP) is 0.0798. The fourth-order valence-corrected chi connectivity index (χ4v) is 5.23. The minimum Gasteiger partial charge on any atom is -0.477 e. The summed E-state index contributed by atoms with van der Waals surface area (Å²) in [5, 5.41) is 21.5. The van der Waals surface area contributed by atoms with Crippen molar-refractivity contribution < 1.29 is 33.9 Å². The molecule has 4 heterocycles. The number of primary amides is 1. The second-order valence-electron chi connectivity index (χ2n) is 7.39. The average molecular weight is 421 g/mol. The lowest BCUT2D eigenvalue weighted by molar-refractivity contribution is -0.688. The van der Waals surface area contributed by atoms with E-state index in [4.69, 9.17) is 10.5 Å². The van der Waals surface area contributed by atoms with Gasteiger partial charge in [-0.3, -0.25) is 4.79 Å². The van der Waals surface area contributed by atoms with E-state index >= 15 is 0 Å². The van der Waals surface area contributed by atoms with Crippen LogP contribution in [0.5, 0.6) is 0 Å². The van der Waals surface area contributed by atoms with Crippen LogP contribution < -0.4 is 10.3 Å². The summed E-state index contributed by atoms with van der Waals surface area (Å²) >= 11 is 1.45. The number of nitrogens with zero attached hydrogens (tertiary/aromatic N) is 3. The predicted molar refractivity (Wildman–Crippen MR) is 99.5 cm³/mol. The van der Waals surface area contributed by atoms with Crippen molar-refractivity contribution in [2.45, 2.75) is 39.1 Å². The number of aromatic nitrogens is 2. The second kappa shape index (κ2) is 6.85. The molecule has 154 valence electrons. The number of amides is 2. The number of aliphatic hydroxyl groups excluding tert-OH is 1. The highest BCUT2D eigenvalue weighted by Gasteiger charge is 2.60. The fraction of sp³-hybridized carbons (Fsp3) is 0.444. The number of ether oxygens (including phenoxy) is 1. The van der Waals surface area contributed by atoms with Gasteiger partial charge >= 0.3 is 12.1 Å². The molecule has 0 aliphatic carbocycles. The lowest BCUT2D eigenvalue weighted by Crippen LogP contribution is -2.63. The van der Waals surface area contributed by atoms with Crippen LogP contribution in [0.25, 0.3) is 4.83 Å². The van der Waals surface area contributed by atoms with Gasteiger partial charge in [-0.05, 0) is 6.92 Å². The van der Waals surface area contributed by atoms with Crippen molar-refractivity contribution in [3.8, 4) is 0 Å². The van der Waals surface area contributed by atoms with E-state index in [0.29, 0.717) is 12.1 Å². The molecule has 0 radical (unpaired) electrons. The molecule has 4 N–H and O–H groups in total. The molecule has 29 heavy (non-hydrogen) atoms. The lowest BCUT2D eigenvalue weighted by Gasteiger charge is -2.46. The molecule has 2 aromatic heterocycles. The lowest BCUT2D eigenvalue weighted by atomic mass is 9.78. The molecule has 0 saturated carbocycles. The van der Waals surface area contributed by atoms with Gasteiger partial charge in [0.1, 0.15) is 18.4 Å². The maximum Gasteiger partial charge on any atom is 0.404 e. The van der Waals surface area contributed by atoms with Crippen LogP contribution in [0.1, 0.15) is 19.5 Å². The monoisotopic (exact) mass is 421 g/mol. The molecule has 2 amide bonds. The van der Waals surface area contributed by atoms with Gasteiger partial charge in [0.05, 0.1) is 18.1 Å². The summed E-state index contributed by atoms with van der Waals surface area (Å²) in [6.07, 6.45) is 1.96. The van der Waals surface area contributed by atoms with Crippen LogP contribution in [0.3, 0.4) is 0 Å². The largest absolute Gasteiger partial charge is 0.477 e. The molecule has 11 heteroatoms. The van der Waals surface area contributed by atoms with Crippen molar-refractivity contribution in [3.05, 3.63) is 34.9 Å². The standard InChI is InChI=1S/C18H20N4O6S/c1-8-11(15(17(25)26)22-14(8)13(9(2)23)16(22)24)3-20-4-12-21(7-20)10(6-29-12)5-28-18(19)27/h4,6-9,13-14,23H,3,5H2,1-2H3,(H2-,19,25,26,27)/p+1/t8-,9+,13+,14+/m0/s1. The number of carbonyl (C=O) groups is 3. The van der Waals surface area contributed by atoms with Gasteiger partial charge in [0.15, 0.2) is 12.3 Å². The summed E-state index contributed by atoms with van der Waals surface area (Å²) in [6, 6.07) is -0.340. The summed E-state index contributed by atoms with van der Waals surface area (Å²) in [6.45, 7) is 3.76. The van der Waals surface area contributed by atoms with E-state index in [0.717, 1.165) is 10.5 Å². The highest BCUT2D eigenvalue weighted by molar-refractivity contribution is 7.15. The topological polar surface area (TPSA) is 138 Å². The highest BCUT2D eigenvalue weighted by Crippen LogP contribution is 2.47. The fourth-order valence-electron chi connectivity index (χ4n) is 4.32. The van der Waals surface area contributed by atoms with E-state index in [1.165, 1.54) is 16.2 Å². The average Bonchev–Trinajstić information content (AvgIpc) is 3.25. The molecule has 1 saturated heterocycles. The summed E-state index contributed by atoms with van der Waals surface area (Å²) in [7, 11) is 0. The van der Waals surface area contributed by atoms with Crippen molar-refractivity contribution in [1.82, 2.24) is 9.30 Å². The van der Waals surface area contributed by atoms with Crippen LogP contribution in [-0.2, 0) is 27.5 Å². The van der Waals surface area contributed by atoms with Gasteiger partial charge in [0, 0.05) is 16.9 Å². The smallest absolute Gasteiger partial charge is 0.404 e. The van der Waals surface area contributed by atoms with Gasteiger partial charge in [0.2, 0.25) is 17.1 Å². The van der Waals surface area contributed by atoms with Crippen LogP contribution in [-0.4, -0.2) is 49.6 Å². The Morgan fingerprint density at radius 2 is 2.17 bits per heavy atom. The van der Waals surface area contributed by atoms with Crippen molar-refractivity contribution >= 4 is 34.1 Å². The number of aliphatic hydroxyl groups is 1. The van der Waals surface area contributed by atoms with Gasteiger partial charge in [-0.25, -0.2) is 14.2 Å². The molecule has 1 fully saturated rings. The summed E-state index contributed by atoms with van der Waals surface area (Å²) in [5.74, 6) is -2.28. The summed E-state index contributed by atoms with van der Waals surface area (Å²) < 4.78 is 8.52. The first-order valence-corrected chi connectivity index (χ1v) is 9.96. The summed E-state index contributed by atoms with van der Waals surface area (Å²) in [5.41, 5.74) is 6.40. The minimum absolute atomic E-state index is 0.00346. The molecule has 2 aliphatic heterocycles. The first-order valence-electron chi connectivity index (χ1n) is 9.08. The number of carbonyl (C=O) groups excluding carboxylic acids is 2. The Morgan fingerprint density at radius 3 is 2.79 bits per heavy atom. The maximum atomic E-state index is 12.4. The van der Waals surface area contributed by atoms with Gasteiger partial charge in [-0.1, -0.05) is 18.3 Å². The first kappa shape index (κ1) is 19.4. The molecule has 4 rings (SSSR count). The molecule has 2 aliphatic rings. The number of hydrogen-bond acceptors (Lipinski definition) is 6. The Hall–Kier alpha value is -2.92. The van der Waals surface area contributed by atoms with Gasteiger partial charge < -0.3 is 25.6 Å². The number of nitrogens with two attached hydrogens (primary N) is 1. The van der Waals surface area contributed by atoms with Crippen LogP contribution in [0.15, 0.2) is 29.2 Å². The number of imidazole rings is 1. The third-order valence-corrected chi connectivity index (χ3v) is 6.57. The second-order valence-corrected chi connectivity index (χ2v) is 8.28. The molecular formula is C18H21N4O6S+. The molecular weight excluding hydrogens is 400 g/mol. The first-order chi connectivity index (χ1) is 13.7. The maximum absolute atomic E-state index is 12.4. The van der Waals surface area contributed by atoms with E-state index < -0.39 is 24.1 Å². The number of carboxylic acids is 1. The molecule has 0 unspecified atom stereocenters. The van der Waals surface area contributed by atoms with Crippen LogP contribution in [0.4, 0.5) is 4.79 Å². The normalized spacial score (nSPS) is 24.6. The van der Waals surface area contributed by atoms with Crippen molar-refractivity contribution in [2.75, 3.05) is 0 Å². The Balaban J connectivity index is 1.64. The molecule has 2 aromatic rings. The highest BCUT2D eigenvalue weighted by atomic mass is 32.1. The number of β-lactam (4-membered cyclic amide) rings is 1. The number of carboxylic acid groups (broad SMARTS) is 1. The minimum atomic E-state index is -1.15. The van der Waals surface area contributed by atoms with Crippen LogP contribution >= 0.6 is 11.3 Å². The van der Waals surface area contributed by atoms with Crippen LogP contribution in [0, 0.1) is 11.8 Å². The molecule has 0 bridgehead atoms. The van der Waals surface area contributed by atoms with E-state index in [1.54, 1.807) is 13.3 Å². The van der Waals surface area contributed by atoms with E-state index in [1.807, 2.05) is 27.5 Å².